The lowest BCUT2D eigenvalue weighted by Gasteiger charge is -2.46. The van der Waals surface area contributed by atoms with Gasteiger partial charge in [0.05, 0.1) is 19.2 Å². The van der Waals surface area contributed by atoms with Gasteiger partial charge in [-0.05, 0) is 34.6 Å². The third-order valence-electron chi connectivity index (χ3n) is 3.75. The maximum atomic E-state index is 12.3. The van der Waals surface area contributed by atoms with E-state index in [2.05, 4.69) is 0 Å². The van der Waals surface area contributed by atoms with Crippen LogP contribution < -0.4 is 0 Å². The van der Waals surface area contributed by atoms with Gasteiger partial charge in [0.1, 0.15) is 23.9 Å². The highest BCUT2D eigenvalue weighted by molar-refractivity contribution is 5.69. The van der Waals surface area contributed by atoms with E-state index in [1.54, 1.807) is 4.90 Å². The molecule has 0 spiro atoms. The quantitative estimate of drug-likeness (QED) is 0.632. The zero-order valence-corrected chi connectivity index (χ0v) is 12.7. The summed E-state index contributed by atoms with van der Waals surface area (Å²) in [6.07, 6.45) is -0.307. The lowest BCUT2D eigenvalue weighted by molar-refractivity contribution is -0.296. The number of amides is 1. The molecule has 0 bridgehead atoms. The number of hydrogen-bond acceptors (Lipinski definition) is 5. The first-order chi connectivity index (χ1) is 9.16. The molecule has 0 aromatic rings. The van der Waals surface area contributed by atoms with E-state index in [0.717, 1.165) is 0 Å². The number of carbonyl (C=O) groups excluding carboxylic acids is 1. The summed E-state index contributed by atoms with van der Waals surface area (Å²) in [5.41, 5.74) is -0.510. The largest absolute Gasteiger partial charge is 0.444 e. The highest BCUT2D eigenvalue weighted by atomic mass is 16.7. The second-order valence-corrected chi connectivity index (χ2v) is 7.13. The summed E-state index contributed by atoms with van der Waals surface area (Å²) in [6, 6.07) is -0.137. The normalized spacial score (nSPS) is 38.8. The van der Waals surface area contributed by atoms with E-state index in [4.69, 9.17) is 18.9 Å². The number of hydrogen-bond donors (Lipinski definition) is 0. The zero-order chi connectivity index (χ0) is 14.7. The topological polar surface area (TPSA) is 60.5 Å². The van der Waals surface area contributed by atoms with Crippen molar-refractivity contribution in [3.63, 3.8) is 0 Å². The number of fused-ring (bicyclic) bond motifs is 3. The number of carbonyl (C=O) groups is 1. The molecule has 6 nitrogen and oxygen atoms in total. The summed E-state index contributed by atoms with van der Waals surface area (Å²) >= 11 is 0. The smallest absolute Gasteiger partial charge is 0.410 e. The van der Waals surface area contributed by atoms with E-state index in [9.17, 15) is 4.79 Å². The van der Waals surface area contributed by atoms with Crippen molar-refractivity contribution in [2.24, 2.45) is 0 Å². The van der Waals surface area contributed by atoms with Crippen molar-refractivity contribution >= 4 is 6.09 Å². The molecule has 3 rings (SSSR count). The van der Waals surface area contributed by atoms with Crippen LogP contribution in [0.4, 0.5) is 4.79 Å². The molecule has 3 aliphatic rings. The first-order valence-electron chi connectivity index (χ1n) is 7.13. The Morgan fingerprint density at radius 3 is 2.65 bits per heavy atom. The van der Waals surface area contributed by atoms with Gasteiger partial charge < -0.3 is 18.9 Å². The van der Waals surface area contributed by atoms with Crippen molar-refractivity contribution in [2.75, 3.05) is 13.2 Å². The maximum absolute atomic E-state index is 12.3. The molecule has 0 unspecified atom stereocenters. The van der Waals surface area contributed by atoms with E-state index >= 15 is 0 Å². The summed E-state index contributed by atoms with van der Waals surface area (Å²) in [6.45, 7) is 10.3. The number of likely N-dealkylation sites (tertiary alicyclic amines) is 1. The van der Waals surface area contributed by atoms with Gasteiger partial charge in [-0.2, -0.15) is 0 Å². The summed E-state index contributed by atoms with van der Waals surface area (Å²) in [5.74, 6) is -0.630. The Bertz CT molecular complexity index is 416. The number of epoxide rings is 1. The van der Waals surface area contributed by atoms with Crippen LogP contribution >= 0.6 is 0 Å². The lowest BCUT2D eigenvalue weighted by Crippen LogP contribution is -2.63. The monoisotopic (exact) mass is 285 g/mol. The van der Waals surface area contributed by atoms with Gasteiger partial charge in [0.15, 0.2) is 5.79 Å². The number of ether oxygens (including phenoxy) is 4. The fourth-order valence-corrected chi connectivity index (χ4v) is 2.83. The molecule has 3 aliphatic heterocycles. The Hall–Kier alpha value is -0.850. The third-order valence-corrected chi connectivity index (χ3v) is 3.75. The molecule has 6 heteroatoms. The highest BCUT2D eigenvalue weighted by Crippen LogP contribution is 2.41. The van der Waals surface area contributed by atoms with Crippen LogP contribution in [-0.2, 0) is 18.9 Å². The van der Waals surface area contributed by atoms with Crippen LogP contribution in [0.25, 0.3) is 0 Å². The van der Waals surface area contributed by atoms with Crippen LogP contribution in [0, 0.1) is 0 Å². The molecular formula is C14H23NO5. The minimum atomic E-state index is -0.630. The highest BCUT2D eigenvalue weighted by Gasteiger charge is 2.60. The first kappa shape index (κ1) is 14.1. The molecule has 1 amide bonds. The molecule has 20 heavy (non-hydrogen) atoms. The zero-order valence-electron chi connectivity index (χ0n) is 12.7. The van der Waals surface area contributed by atoms with Crippen LogP contribution in [0.1, 0.15) is 34.6 Å². The molecule has 3 heterocycles. The molecule has 3 saturated heterocycles. The second kappa shape index (κ2) is 4.32. The molecule has 0 aromatic carbocycles. The Kier molecular flexibility index (Phi) is 3.05. The van der Waals surface area contributed by atoms with Crippen LogP contribution in [0.3, 0.4) is 0 Å². The van der Waals surface area contributed by atoms with Crippen molar-refractivity contribution in [1.29, 1.82) is 0 Å². The predicted molar refractivity (Wildman–Crippen MR) is 70.3 cm³/mol. The number of nitrogens with zero attached hydrogens (tertiary/aromatic N) is 1. The molecule has 114 valence electrons. The van der Waals surface area contributed by atoms with Crippen LogP contribution in [-0.4, -0.2) is 59.9 Å². The van der Waals surface area contributed by atoms with Crippen molar-refractivity contribution < 1.29 is 23.7 Å². The Morgan fingerprint density at radius 2 is 2.00 bits per heavy atom. The molecule has 4 atom stereocenters. The lowest BCUT2D eigenvalue weighted by atomic mass is 9.98. The molecule has 0 radical (unpaired) electrons. The minimum absolute atomic E-state index is 0.0673. The molecule has 0 aliphatic carbocycles. The molecule has 0 aromatic heterocycles. The van der Waals surface area contributed by atoms with Gasteiger partial charge in [-0.1, -0.05) is 0 Å². The van der Waals surface area contributed by atoms with Gasteiger partial charge in [-0.15, -0.1) is 0 Å². The fraction of sp³-hybridized carbons (Fsp3) is 0.929. The van der Waals surface area contributed by atoms with Gasteiger partial charge in [-0.25, -0.2) is 4.79 Å². The summed E-state index contributed by atoms with van der Waals surface area (Å²) < 4.78 is 22.7. The average Bonchev–Trinajstić information content (AvgIpc) is 3.03. The maximum Gasteiger partial charge on any atom is 0.410 e. The molecule has 3 fully saturated rings. The average molecular weight is 285 g/mol. The Morgan fingerprint density at radius 1 is 1.30 bits per heavy atom. The third kappa shape index (κ3) is 2.64. The predicted octanol–water partition coefficient (Wildman–Crippen LogP) is 1.52. The van der Waals surface area contributed by atoms with Gasteiger partial charge in [-0.3, -0.25) is 4.90 Å². The van der Waals surface area contributed by atoms with Crippen molar-refractivity contribution in [3.8, 4) is 0 Å². The van der Waals surface area contributed by atoms with Gasteiger partial charge >= 0.3 is 6.09 Å². The van der Waals surface area contributed by atoms with E-state index in [1.165, 1.54) is 0 Å². The summed E-state index contributed by atoms with van der Waals surface area (Å²) in [5, 5.41) is 0. The van der Waals surface area contributed by atoms with Crippen LogP contribution in [0.15, 0.2) is 0 Å². The first-order valence-corrected chi connectivity index (χ1v) is 7.13. The van der Waals surface area contributed by atoms with Gasteiger partial charge in [0, 0.05) is 0 Å². The molecule has 0 saturated carbocycles. The number of piperidine rings is 1. The molecule has 0 N–H and O–H groups in total. The van der Waals surface area contributed by atoms with Crippen LogP contribution in [0.2, 0.25) is 0 Å². The Balaban J connectivity index is 1.74. The van der Waals surface area contributed by atoms with Crippen molar-refractivity contribution in [2.45, 2.75) is 70.4 Å². The number of rotatable bonds is 0. The van der Waals surface area contributed by atoms with E-state index < -0.39 is 11.4 Å². The van der Waals surface area contributed by atoms with Crippen molar-refractivity contribution in [1.82, 2.24) is 4.90 Å². The van der Waals surface area contributed by atoms with Crippen molar-refractivity contribution in [3.05, 3.63) is 0 Å². The van der Waals surface area contributed by atoms with Gasteiger partial charge in [0.2, 0.25) is 0 Å². The van der Waals surface area contributed by atoms with Gasteiger partial charge in [0.25, 0.3) is 0 Å². The van der Waals surface area contributed by atoms with Crippen LogP contribution in [0.5, 0.6) is 0 Å². The molecular weight excluding hydrogens is 262 g/mol. The SMILES string of the molecule is CC(C)(C)OC(=O)N1C[C@H]2O[C@H]2[C@@H]2OC(C)(C)OC[C@H]21. The summed E-state index contributed by atoms with van der Waals surface area (Å²) in [4.78, 5) is 14.0. The standard InChI is InChI=1S/C14H23NO5/c1-13(2,3)20-12(16)15-6-9-11(18-9)10-8(15)7-17-14(4,5)19-10/h8-11H,6-7H2,1-5H3/t8-,9-,10-,11-/m1/s1. The fourth-order valence-electron chi connectivity index (χ4n) is 2.83. The Labute approximate surface area is 119 Å². The van der Waals surface area contributed by atoms with E-state index in [1.807, 2.05) is 34.6 Å². The van der Waals surface area contributed by atoms with E-state index in [0.29, 0.717) is 13.2 Å². The summed E-state index contributed by atoms with van der Waals surface area (Å²) in [7, 11) is 0. The second-order valence-electron chi connectivity index (χ2n) is 7.13. The minimum Gasteiger partial charge on any atom is -0.444 e. The van der Waals surface area contributed by atoms with E-state index in [-0.39, 0.29) is 30.4 Å².